The van der Waals surface area contributed by atoms with Crippen LogP contribution in [0.4, 0.5) is 5.69 Å². The number of rotatable bonds is 6. The first-order valence-electron chi connectivity index (χ1n) is 5.93. The largest absolute Gasteiger partial charge is 0.494 e. The molecule has 1 aromatic rings. The van der Waals surface area contributed by atoms with Crippen LogP contribution in [0.1, 0.15) is 24.2 Å². The number of hydrogen-bond acceptors (Lipinski definition) is 6. The monoisotopic (exact) mass is 267 g/mol. The van der Waals surface area contributed by atoms with E-state index in [4.69, 9.17) is 15.2 Å². The number of anilines is 1. The first-order chi connectivity index (χ1) is 9.06. The van der Waals surface area contributed by atoms with E-state index < -0.39 is 18.5 Å². The van der Waals surface area contributed by atoms with Crippen molar-refractivity contribution in [1.82, 2.24) is 0 Å². The third kappa shape index (κ3) is 4.87. The maximum Gasteiger partial charge on any atom is 0.344 e. The van der Waals surface area contributed by atoms with Gasteiger partial charge in [0, 0.05) is 11.8 Å². The maximum atomic E-state index is 11.7. The molecule has 0 aromatic heterocycles. The van der Waals surface area contributed by atoms with Crippen molar-refractivity contribution in [2.75, 3.05) is 25.6 Å². The molecule has 0 aliphatic heterocycles. The van der Waals surface area contributed by atoms with Gasteiger partial charge in [0.05, 0.1) is 18.8 Å². The zero-order valence-electron chi connectivity index (χ0n) is 11.0. The summed E-state index contributed by atoms with van der Waals surface area (Å²) >= 11 is 0. The summed E-state index contributed by atoms with van der Waals surface area (Å²) in [5.41, 5.74) is 6.26. The van der Waals surface area contributed by atoms with Gasteiger partial charge in [-0.3, -0.25) is 0 Å². The van der Waals surface area contributed by atoms with E-state index in [2.05, 4.69) is 4.74 Å². The fraction of sp³-hybridized carbons (Fsp3) is 0.385. The summed E-state index contributed by atoms with van der Waals surface area (Å²) in [5.74, 6) is -0.767. The Hall–Kier alpha value is -2.24. The molecule has 0 heterocycles. The minimum absolute atomic E-state index is 0.229. The van der Waals surface area contributed by atoms with Crippen LogP contribution < -0.4 is 10.5 Å². The van der Waals surface area contributed by atoms with Gasteiger partial charge in [-0.15, -0.1) is 0 Å². The van der Waals surface area contributed by atoms with E-state index in [-0.39, 0.29) is 12.2 Å². The Balaban J connectivity index is 2.68. The van der Waals surface area contributed by atoms with Gasteiger partial charge in [0.15, 0.2) is 6.61 Å². The Morgan fingerprint density at radius 2 is 1.84 bits per heavy atom. The summed E-state index contributed by atoms with van der Waals surface area (Å²) in [4.78, 5) is 22.8. The van der Waals surface area contributed by atoms with Crippen molar-refractivity contribution in [3.8, 4) is 5.75 Å². The molecule has 0 fully saturated rings. The topological polar surface area (TPSA) is 87.9 Å². The molecule has 0 aliphatic rings. The first kappa shape index (κ1) is 14.8. The second kappa shape index (κ2) is 7.25. The van der Waals surface area contributed by atoms with Crippen LogP contribution in [0, 0.1) is 0 Å². The molecule has 0 spiro atoms. The van der Waals surface area contributed by atoms with Gasteiger partial charge in [0.2, 0.25) is 0 Å². The van der Waals surface area contributed by atoms with Crippen LogP contribution >= 0.6 is 0 Å². The van der Waals surface area contributed by atoms with Crippen molar-refractivity contribution >= 4 is 17.6 Å². The Kier molecular flexibility index (Phi) is 5.66. The Morgan fingerprint density at radius 1 is 1.11 bits per heavy atom. The predicted octanol–water partition coefficient (Wildman–Crippen LogP) is 1.39. The number of esters is 2. The summed E-state index contributed by atoms with van der Waals surface area (Å²) in [5, 5.41) is 0. The lowest BCUT2D eigenvalue weighted by molar-refractivity contribution is -0.146. The highest BCUT2D eigenvalue weighted by molar-refractivity contribution is 5.92. The summed E-state index contributed by atoms with van der Waals surface area (Å²) < 4.78 is 14.7. The van der Waals surface area contributed by atoms with Crippen LogP contribution in [-0.4, -0.2) is 31.8 Å². The minimum Gasteiger partial charge on any atom is -0.494 e. The quantitative estimate of drug-likeness (QED) is 0.619. The molecular formula is C13H17NO5. The second-order valence-corrected chi connectivity index (χ2v) is 3.60. The smallest absolute Gasteiger partial charge is 0.344 e. The van der Waals surface area contributed by atoms with Crippen molar-refractivity contribution < 1.29 is 23.8 Å². The average Bonchev–Trinajstić information content (AvgIpc) is 2.36. The lowest BCUT2D eigenvalue weighted by Crippen LogP contribution is -2.16. The lowest BCUT2D eigenvalue weighted by atomic mass is 10.2. The van der Waals surface area contributed by atoms with Gasteiger partial charge in [-0.05, 0) is 26.0 Å². The number of nitrogen functional groups attached to an aromatic ring is 1. The van der Waals surface area contributed by atoms with Gasteiger partial charge in [-0.25, -0.2) is 9.59 Å². The Labute approximate surface area is 111 Å². The van der Waals surface area contributed by atoms with Crippen LogP contribution in [0.2, 0.25) is 0 Å². The van der Waals surface area contributed by atoms with Crippen molar-refractivity contribution in [3.63, 3.8) is 0 Å². The molecule has 0 saturated heterocycles. The first-order valence-corrected chi connectivity index (χ1v) is 5.93. The summed E-state index contributed by atoms with van der Waals surface area (Å²) in [6, 6.07) is 4.56. The van der Waals surface area contributed by atoms with Gasteiger partial charge < -0.3 is 19.9 Å². The van der Waals surface area contributed by atoms with Gasteiger partial charge >= 0.3 is 11.9 Å². The molecule has 6 nitrogen and oxygen atoms in total. The van der Waals surface area contributed by atoms with Crippen molar-refractivity contribution in [1.29, 1.82) is 0 Å². The normalized spacial score (nSPS) is 9.79. The van der Waals surface area contributed by atoms with Crippen molar-refractivity contribution in [3.05, 3.63) is 23.8 Å². The SMILES string of the molecule is CCOC(=O)COC(=O)c1cc(N)cc(OCC)c1. The molecule has 0 atom stereocenters. The number of carbonyl (C=O) groups excluding carboxylic acids is 2. The standard InChI is InChI=1S/C13H17NO5/c1-3-17-11-6-9(5-10(14)7-11)13(16)19-8-12(15)18-4-2/h5-7H,3-4,8,14H2,1-2H3. The summed E-state index contributed by atoms with van der Waals surface area (Å²) in [6.07, 6.45) is 0. The lowest BCUT2D eigenvalue weighted by Gasteiger charge is -2.08. The molecule has 104 valence electrons. The second-order valence-electron chi connectivity index (χ2n) is 3.60. The van der Waals surface area contributed by atoms with Crippen molar-refractivity contribution in [2.24, 2.45) is 0 Å². The van der Waals surface area contributed by atoms with E-state index in [1.54, 1.807) is 13.0 Å². The van der Waals surface area contributed by atoms with E-state index >= 15 is 0 Å². The zero-order valence-corrected chi connectivity index (χ0v) is 11.0. The minimum atomic E-state index is -0.652. The third-order valence-corrected chi connectivity index (χ3v) is 2.10. The van der Waals surface area contributed by atoms with E-state index in [1.165, 1.54) is 12.1 Å². The Morgan fingerprint density at radius 3 is 2.47 bits per heavy atom. The number of nitrogens with two attached hydrogens (primary N) is 1. The van der Waals surface area contributed by atoms with Crippen LogP contribution in [0.25, 0.3) is 0 Å². The fourth-order valence-corrected chi connectivity index (χ4v) is 1.40. The highest BCUT2D eigenvalue weighted by Gasteiger charge is 2.12. The zero-order chi connectivity index (χ0) is 14.3. The van der Waals surface area contributed by atoms with Gasteiger partial charge in [0.25, 0.3) is 0 Å². The van der Waals surface area contributed by atoms with Gasteiger partial charge in [-0.1, -0.05) is 0 Å². The highest BCUT2D eigenvalue weighted by Crippen LogP contribution is 2.19. The molecule has 19 heavy (non-hydrogen) atoms. The molecule has 0 radical (unpaired) electrons. The van der Waals surface area contributed by atoms with Crippen LogP contribution in [0.15, 0.2) is 18.2 Å². The predicted molar refractivity (Wildman–Crippen MR) is 68.9 cm³/mol. The number of ether oxygens (including phenoxy) is 3. The molecule has 0 aliphatic carbocycles. The van der Waals surface area contributed by atoms with Crippen molar-refractivity contribution in [2.45, 2.75) is 13.8 Å². The molecule has 0 unspecified atom stereocenters. The van der Waals surface area contributed by atoms with E-state index in [0.717, 1.165) is 0 Å². The number of carbonyl (C=O) groups is 2. The van der Waals surface area contributed by atoms with Gasteiger partial charge in [0.1, 0.15) is 5.75 Å². The summed E-state index contributed by atoms with van der Waals surface area (Å²) in [7, 11) is 0. The molecule has 0 bridgehead atoms. The third-order valence-electron chi connectivity index (χ3n) is 2.10. The maximum absolute atomic E-state index is 11.7. The van der Waals surface area contributed by atoms with Crippen LogP contribution in [0.3, 0.4) is 0 Å². The average molecular weight is 267 g/mol. The number of hydrogen-bond donors (Lipinski definition) is 1. The van der Waals surface area contributed by atoms with Crippen LogP contribution in [0.5, 0.6) is 5.75 Å². The molecule has 1 aromatic carbocycles. The molecule has 2 N–H and O–H groups in total. The molecule has 0 saturated carbocycles. The van der Waals surface area contributed by atoms with E-state index in [1.807, 2.05) is 6.92 Å². The molecular weight excluding hydrogens is 250 g/mol. The molecule has 1 rings (SSSR count). The molecule has 6 heteroatoms. The summed E-state index contributed by atoms with van der Waals surface area (Å²) in [6.45, 7) is 3.77. The number of benzene rings is 1. The highest BCUT2D eigenvalue weighted by atomic mass is 16.6. The molecule has 0 amide bonds. The van der Waals surface area contributed by atoms with Crippen LogP contribution in [-0.2, 0) is 14.3 Å². The fourth-order valence-electron chi connectivity index (χ4n) is 1.40. The van der Waals surface area contributed by atoms with Gasteiger partial charge in [-0.2, -0.15) is 0 Å². The Bertz CT molecular complexity index is 458. The van der Waals surface area contributed by atoms with E-state index in [0.29, 0.717) is 18.0 Å². The van der Waals surface area contributed by atoms with E-state index in [9.17, 15) is 9.59 Å².